The van der Waals surface area contributed by atoms with Crippen LogP contribution < -0.4 is 16.4 Å². The first-order valence-electron chi connectivity index (χ1n) is 6.80. The highest BCUT2D eigenvalue weighted by Gasteiger charge is 2.13. The highest BCUT2D eigenvalue weighted by Crippen LogP contribution is 2.28. The van der Waals surface area contributed by atoms with Crippen LogP contribution >= 0.6 is 0 Å². The minimum atomic E-state index is -0.330. The topological polar surface area (TPSA) is 80.0 Å². The van der Waals surface area contributed by atoms with Crippen LogP contribution in [0.5, 0.6) is 0 Å². The fraction of sp³-hybridized carbons (Fsp3) is 0.333. The van der Waals surface area contributed by atoms with Gasteiger partial charge in [-0.05, 0) is 25.5 Å². The van der Waals surface area contributed by atoms with E-state index >= 15 is 0 Å². The Kier molecular flexibility index (Phi) is 4.40. The van der Waals surface area contributed by atoms with Crippen LogP contribution in [0.25, 0.3) is 10.8 Å². The fourth-order valence-electron chi connectivity index (χ4n) is 2.02. The molecule has 0 aliphatic rings. The molecule has 0 fully saturated rings. The molecule has 0 spiro atoms. The summed E-state index contributed by atoms with van der Waals surface area (Å²) in [6.45, 7) is 4.53. The number of nitrogens with zero attached hydrogens (tertiary/aromatic N) is 1. The second-order valence-electron chi connectivity index (χ2n) is 4.78. The molecule has 2 aromatic rings. The molecule has 1 aromatic carbocycles. The van der Waals surface area contributed by atoms with Gasteiger partial charge in [-0.2, -0.15) is 0 Å². The van der Waals surface area contributed by atoms with Crippen molar-refractivity contribution in [2.75, 3.05) is 17.6 Å². The fourth-order valence-corrected chi connectivity index (χ4v) is 2.02. The van der Waals surface area contributed by atoms with Gasteiger partial charge in [0.25, 0.3) is 0 Å². The maximum Gasteiger partial charge on any atom is 0.242 e. The predicted octanol–water partition coefficient (Wildman–Crippen LogP) is 2.14. The Morgan fingerprint density at radius 3 is 2.95 bits per heavy atom. The van der Waals surface area contributed by atoms with E-state index in [-0.39, 0.29) is 11.9 Å². The Hall–Kier alpha value is -2.30. The lowest BCUT2D eigenvalue weighted by atomic mass is 10.1. The number of hydrogen-bond acceptors (Lipinski definition) is 4. The number of amides is 1. The predicted molar refractivity (Wildman–Crippen MR) is 82.5 cm³/mol. The summed E-state index contributed by atoms with van der Waals surface area (Å²) in [5.41, 5.74) is 7.55. The van der Waals surface area contributed by atoms with Crippen LogP contribution in [0.3, 0.4) is 0 Å². The number of carbonyl (C=O) groups is 1. The van der Waals surface area contributed by atoms with Crippen LogP contribution in [-0.2, 0) is 4.79 Å². The molecule has 1 heterocycles. The molecule has 1 unspecified atom stereocenters. The van der Waals surface area contributed by atoms with Crippen molar-refractivity contribution in [3.8, 4) is 0 Å². The van der Waals surface area contributed by atoms with E-state index in [2.05, 4.69) is 15.6 Å². The SMILES string of the molecule is CCCNC(=O)C(C)Nc1ccc2cnccc2c1N. The minimum Gasteiger partial charge on any atom is -0.397 e. The third kappa shape index (κ3) is 2.99. The number of rotatable bonds is 5. The summed E-state index contributed by atoms with van der Waals surface area (Å²) in [5, 5.41) is 7.93. The molecule has 0 aliphatic carbocycles. The maximum absolute atomic E-state index is 11.9. The third-order valence-electron chi connectivity index (χ3n) is 3.18. The lowest BCUT2D eigenvalue weighted by molar-refractivity contribution is -0.121. The molecule has 0 radical (unpaired) electrons. The van der Waals surface area contributed by atoms with E-state index in [1.807, 2.05) is 32.0 Å². The summed E-state index contributed by atoms with van der Waals surface area (Å²) in [5.74, 6) is -0.0268. The molecule has 0 saturated heterocycles. The number of anilines is 2. The highest BCUT2D eigenvalue weighted by molar-refractivity contribution is 5.99. The molecule has 1 atom stereocenters. The van der Waals surface area contributed by atoms with Gasteiger partial charge in [0, 0.05) is 29.7 Å². The smallest absolute Gasteiger partial charge is 0.242 e. The quantitative estimate of drug-likeness (QED) is 0.729. The van der Waals surface area contributed by atoms with Gasteiger partial charge in [-0.15, -0.1) is 0 Å². The Balaban J connectivity index is 2.17. The van der Waals surface area contributed by atoms with Crippen LogP contribution in [0.2, 0.25) is 0 Å². The zero-order valence-electron chi connectivity index (χ0n) is 11.8. The molecule has 5 nitrogen and oxygen atoms in total. The molecule has 1 amide bonds. The second kappa shape index (κ2) is 6.23. The summed E-state index contributed by atoms with van der Waals surface area (Å²) in [6.07, 6.45) is 4.40. The molecule has 1 aromatic heterocycles. The van der Waals surface area contributed by atoms with Gasteiger partial charge >= 0.3 is 0 Å². The molecule has 5 heteroatoms. The third-order valence-corrected chi connectivity index (χ3v) is 3.18. The number of aromatic nitrogens is 1. The first kappa shape index (κ1) is 14.1. The Morgan fingerprint density at radius 1 is 1.40 bits per heavy atom. The van der Waals surface area contributed by atoms with E-state index in [0.29, 0.717) is 12.2 Å². The van der Waals surface area contributed by atoms with E-state index in [4.69, 9.17) is 5.73 Å². The van der Waals surface area contributed by atoms with Gasteiger partial charge in [-0.3, -0.25) is 9.78 Å². The normalized spacial score (nSPS) is 12.1. The van der Waals surface area contributed by atoms with Crippen LogP contribution in [0.15, 0.2) is 30.6 Å². The summed E-state index contributed by atoms with van der Waals surface area (Å²) < 4.78 is 0. The van der Waals surface area contributed by atoms with Crippen LogP contribution in [-0.4, -0.2) is 23.5 Å². The van der Waals surface area contributed by atoms with Crippen LogP contribution in [0.1, 0.15) is 20.3 Å². The van der Waals surface area contributed by atoms with Gasteiger partial charge < -0.3 is 16.4 Å². The number of nitrogens with two attached hydrogens (primary N) is 1. The number of fused-ring (bicyclic) bond motifs is 1. The standard InChI is InChI=1S/C15H20N4O/c1-3-7-18-15(20)10(2)19-13-5-4-11-9-17-8-6-12(11)14(13)16/h4-6,8-10,19H,3,7,16H2,1-2H3,(H,18,20). The van der Waals surface area contributed by atoms with Crippen LogP contribution in [0, 0.1) is 0 Å². The molecular formula is C15H20N4O. The Morgan fingerprint density at radius 2 is 2.20 bits per heavy atom. The summed E-state index contributed by atoms with van der Waals surface area (Å²) in [4.78, 5) is 15.9. The van der Waals surface area contributed by atoms with Crippen molar-refractivity contribution in [3.63, 3.8) is 0 Å². The Bertz CT molecular complexity index is 612. The van der Waals surface area contributed by atoms with E-state index in [0.717, 1.165) is 22.9 Å². The van der Waals surface area contributed by atoms with Gasteiger partial charge in [-0.25, -0.2) is 0 Å². The zero-order chi connectivity index (χ0) is 14.5. The van der Waals surface area contributed by atoms with Crippen molar-refractivity contribution in [1.29, 1.82) is 0 Å². The Labute approximate surface area is 118 Å². The van der Waals surface area contributed by atoms with E-state index in [1.54, 1.807) is 12.4 Å². The molecule has 2 rings (SSSR count). The number of hydrogen-bond donors (Lipinski definition) is 3. The summed E-state index contributed by atoms with van der Waals surface area (Å²) in [6, 6.07) is 5.36. The first-order valence-corrected chi connectivity index (χ1v) is 6.80. The molecule has 4 N–H and O–H groups in total. The molecule has 20 heavy (non-hydrogen) atoms. The van der Waals surface area contributed by atoms with Gasteiger partial charge in [0.15, 0.2) is 0 Å². The van der Waals surface area contributed by atoms with Crippen molar-refractivity contribution in [2.24, 2.45) is 0 Å². The number of nitrogens with one attached hydrogen (secondary N) is 2. The number of benzene rings is 1. The van der Waals surface area contributed by atoms with Crippen molar-refractivity contribution >= 4 is 28.1 Å². The summed E-state index contributed by atoms with van der Waals surface area (Å²) >= 11 is 0. The van der Waals surface area contributed by atoms with Crippen molar-refractivity contribution in [2.45, 2.75) is 26.3 Å². The van der Waals surface area contributed by atoms with E-state index in [9.17, 15) is 4.79 Å². The number of pyridine rings is 1. The lowest BCUT2D eigenvalue weighted by Gasteiger charge is -2.17. The largest absolute Gasteiger partial charge is 0.397 e. The molecule has 0 bridgehead atoms. The zero-order valence-corrected chi connectivity index (χ0v) is 11.8. The minimum absolute atomic E-state index is 0.0268. The van der Waals surface area contributed by atoms with Gasteiger partial charge in [0.05, 0.1) is 11.4 Å². The van der Waals surface area contributed by atoms with Gasteiger partial charge in [-0.1, -0.05) is 13.0 Å². The van der Waals surface area contributed by atoms with Gasteiger partial charge in [0.1, 0.15) is 6.04 Å². The molecule has 0 aliphatic heterocycles. The van der Waals surface area contributed by atoms with E-state index < -0.39 is 0 Å². The molecule has 0 saturated carbocycles. The maximum atomic E-state index is 11.9. The average Bonchev–Trinajstić information content (AvgIpc) is 2.47. The van der Waals surface area contributed by atoms with E-state index in [1.165, 1.54) is 0 Å². The molecular weight excluding hydrogens is 252 g/mol. The first-order chi connectivity index (χ1) is 9.63. The summed E-state index contributed by atoms with van der Waals surface area (Å²) in [7, 11) is 0. The number of carbonyl (C=O) groups excluding carboxylic acids is 1. The average molecular weight is 272 g/mol. The van der Waals surface area contributed by atoms with Gasteiger partial charge in [0.2, 0.25) is 5.91 Å². The van der Waals surface area contributed by atoms with Crippen molar-refractivity contribution < 1.29 is 4.79 Å². The number of nitrogen functional groups attached to an aromatic ring is 1. The molecule has 106 valence electrons. The lowest BCUT2D eigenvalue weighted by Crippen LogP contribution is -2.38. The highest BCUT2D eigenvalue weighted by atomic mass is 16.2. The van der Waals surface area contributed by atoms with Crippen LogP contribution in [0.4, 0.5) is 11.4 Å². The monoisotopic (exact) mass is 272 g/mol. The van der Waals surface area contributed by atoms with Crippen molar-refractivity contribution in [3.05, 3.63) is 30.6 Å². The second-order valence-corrected chi connectivity index (χ2v) is 4.78. The van der Waals surface area contributed by atoms with Crippen molar-refractivity contribution in [1.82, 2.24) is 10.3 Å².